The van der Waals surface area contributed by atoms with Crippen LogP contribution in [0.1, 0.15) is 5.56 Å². The molecule has 1 aromatic rings. The Kier molecular flexibility index (Phi) is 2.99. The van der Waals surface area contributed by atoms with Gasteiger partial charge in [0.2, 0.25) is 0 Å². The van der Waals surface area contributed by atoms with Crippen molar-refractivity contribution in [2.75, 3.05) is 13.7 Å². The highest BCUT2D eigenvalue weighted by atomic mass is 16.5. The van der Waals surface area contributed by atoms with Crippen LogP contribution in [-0.2, 0) is 11.3 Å². The lowest BCUT2D eigenvalue weighted by Crippen LogP contribution is -2.23. The van der Waals surface area contributed by atoms with Crippen molar-refractivity contribution >= 4 is 0 Å². The molecule has 0 spiro atoms. The maximum atomic E-state index is 11.2. The number of methoxy groups -OCH3 is 1. The first-order valence-corrected chi connectivity index (χ1v) is 3.77. The lowest BCUT2D eigenvalue weighted by Gasteiger charge is -2.02. The monoisotopic (exact) mass is 168 g/mol. The fourth-order valence-electron chi connectivity index (χ4n) is 0.870. The van der Waals surface area contributed by atoms with E-state index >= 15 is 0 Å². The zero-order valence-electron chi connectivity index (χ0n) is 7.28. The van der Waals surface area contributed by atoms with E-state index in [0.717, 1.165) is 5.56 Å². The van der Waals surface area contributed by atoms with E-state index in [2.05, 4.69) is 5.10 Å². The van der Waals surface area contributed by atoms with E-state index in [-0.39, 0.29) is 5.56 Å². The average molecular weight is 168 g/mol. The highest BCUT2D eigenvalue weighted by Gasteiger charge is 1.95. The molecule has 0 aliphatic rings. The zero-order valence-corrected chi connectivity index (χ0v) is 7.28. The minimum Gasteiger partial charge on any atom is -0.383 e. The normalized spacial score (nSPS) is 10.2. The maximum Gasteiger partial charge on any atom is 0.267 e. The Bertz CT molecular complexity index is 306. The average Bonchev–Trinajstić information content (AvgIpc) is 2.03. The first-order valence-electron chi connectivity index (χ1n) is 3.77. The summed E-state index contributed by atoms with van der Waals surface area (Å²) in [5.41, 5.74) is 0.806. The van der Waals surface area contributed by atoms with Gasteiger partial charge in [-0.15, -0.1) is 0 Å². The summed E-state index contributed by atoms with van der Waals surface area (Å²) in [6.07, 6.45) is 1.66. The smallest absolute Gasteiger partial charge is 0.267 e. The lowest BCUT2D eigenvalue weighted by molar-refractivity contribution is 0.182. The highest BCUT2D eigenvalue weighted by molar-refractivity contribution is 5.02. The topological polar surface area (TPSA) is 44.1 Å². The third-order valence-electron chi connectivity index (χ3n) is 1.51. The molecule has 0 atom stereocenters. The first-order chi connectivity index (χ1) is 5.74. The molecular weight excluding hydrogens is 156 g/mol. The molecule has 0 amide bonds. The largest absolute Gasteiger partial charge is 0.383 e. The van der Waals surface area contributed by atoms with Crippen molar-refractivity contribution in [3.8, 4) is 0 Å². The Morgan fingerprint density at radius 1 is 1.67 bits per heavy atom. The van der Waals surface area contributed by atoms with Crippen LogP contribution in [0.3, 0.4) is 0 Å². The molecule has 0 fully saturated rings. The number of hydrogen-bond acceptors (Lipinski definition) is 3. The van der Waals surface area contributed by atoms with Crippen LogP contribution in [0.5, 0.6) is 0 Å². The Hall–Kier alpha value is -1.16. The summed E-state index contributed by atoms with van der Waals surface area (Å²) in [4.78, 5) is 11.2. The van der Waals surface area contributed by atoms with Crippen molar-refractivity contribution < 1.29 is 4.74 Å². The second kappa shape index (κ2) is 4.01. The van der Waals surface area contributed by atoms with Gasteiger partial charge in [0.25, 0.3) is 5.56 Å². The predicted octanol–water partition coefficient (Wildman–Crippen LogP) is 0.198. The van der Waals surface area contributed by atoms with Gasteiger partial charge in [-0.3, -0.25) is 4.79 Å². The van der Waals surface area contributed by atoms with E-state index in [1.165, 1.54) is 4.68 Å². The number of ether oxygens (including phenoxy) is 1. The molecule has 0 aliphatic heterocycles. The second-order valence-electron chi connectivity index (χ2n) is 2.59. The van der Waals surface area contributed by atoms with Gasteiger partial charge in [0, 0.05) is 13.2 Å². The molecule has 1 rings (SSSR count). The maximum absolute atomic E-state index is 11.2. The molecule has 0 saturated carbocycles. The van der Waals surface area contributed by atoms with Crippen molar-refractivity contribution in [1.29, 1.82) is 0 Å². The minimum atomic E-state index is -0.0768. The summed E-state index contributed by atoms with van der Waals surface area (Å²) in [6, 6.07) is 1.56. The molecule has 0 N–H and O–H groups in total. The van der Waals surface area contributed by atoms with Crippen LogP contribution in [0.25, 0.3) is 0 Å². The van der Waals surface area contributed by atoms with Crippen LogP contribution in [-0.4, -0.2) is 23.5 Å². The van der Waals surface area contributed by atoms with Gasteiger partial charge in [0.15, 0.2) is 0 Å². The zero-order chi connectivity index (χ0) is 8.97. The van der Waals surface area contributed by atoms with E-state index in [4.69, 9.17) is 4.74 Å². The molecule has 0 aromatic carbocycles. The fourth-order valence-corrected chi connectivity index (χ4v) is 0.870. The van der Waals surface area contributed by atoms with Crippen molar-refractivity contribution in [2.24, 2.45) is 0 Å². The van der Waals surface area contributed by atoms with Gasteiger partial charge >= 0.3 is 0 Å². The molecule has 4 heteroatoms. The van der Waals surface area contributed by atoms with Gasteiger partial charge in [-0.2, -0.15) is 5.10 Å². The van der Waals surface area contributed by atoms with Gasteiger partial charge in [-0.25, -0.2) is 4.68 Å². The Balaban J connectivity index is 2.80. The molecule has 66 valence electrons. The van der Waals surface area contributed by atoms with E-state index in [1.807, 2.05) is 6.92 Å². The summed E-state index contributed by atoms with van der Waals surface area (Å²) in [5, 5.41) is 3.94. The number of rotatable bonds is 3. The predicted molar refractivity (Wildman–Crippen MR) is 45.1 cm³/mol. The lowest BCUT2D eigenvalue weighted by atomic mass is 10.3. The number of aromatic nitrogens is 2. The summed E-state index contributed by atoms with van der Waals surface area (Å²) < 4.78 is 6.22. The van der Waals surface area contributed by atoms with Crippen molar-refractivity contribution in [2.45, 2.75) is 13.5 Å². The fraction of sp³-hybridized carbons (Fsp3) is 0.500. The van der Waals surface area contributed by atoms with Crippen molar-refractivity contribution in [3.05, 3.63) is 28.2 Å². The van der Waals surface area contributed by atoms with E-state index in [0.29, 0.717) is 13.2 Å². The Morgan fingerprint density at radius 3 is 3.00 bits per heavy atom. The SMILES string of the molecule is COCCn1ncc(C)cc1=O. The molecule has 0 radical (unpaired) electrons. The van der Waals surface area contributed by atoms with Crippen molar-refractivity contribution in [3.63, 3.8) is 0 Å². The molecule has 1 aromatic heterocycles. The second-order valence-corrected chi connectivity index (χ2v) is 2.59. The quantitative estimate of drug-likeness (QED) is 0.647. The Labute approximate surface area is 70.8 Å². The van der Waals surface area contributed by atoms with Gasteiger partial charge in [0.05, 0.1) is 19.3 Å². The van der Waals surface area contributed by atoms with Gasteiger partial charge in [-0.05, 0) is 12.5 Å². The molecule has 12 heavy (non-hydrogen) atoms. The molecule has 0 aliphatic carbocycles. The molecular formula is C8H12N2O2. The van der Waals surface area contributed by atoms with Crippen LogP contribution in [0.15, 0.2) is 17.1 Å². The van der Waals surface area contributed by atoms with Gasteiger partial charge in [-0.1, -0.05) is 0 Å². The molecule has 4 nitrogen and oxygen atoms in total. The highest BCUT2D eigenvalue weighted by Crippen LogP contribution is 1.86. The van der Waals surface area contributed by atoms with Crippen LogP contribution in [0.2, 0.25) is 0 Å². The Morgan fingerprint density at radius 2 is 2.42 bits per heavy atom. The molecule has 0 unspecified atom stereocenters. The summed E-state index contributed by atoms with van der Waals surface area (Å²) in [6.45, 7) is 2.86. The van der Waals surface area contributed by atoms with Crippen LogP contribution < -0.4 is 5.56 Å². The van der Waals surface area contributed by atoms with Crippen molar-refractivity contribution in [1.82, 2.24) is 9.78 Å². The number of nitrogens with zero attached hydrogens (tertiary/aromatic N) is 2. The third kappa shape index (κ3) is 2.17. The van der Waals surface area contributed by atoms with Gasteiger partial charge < -0.3 is 4.74 Å². The number of hydrogen-bond donors (Lipinski definition) is 0. The summed E-state index contributed by atoms with van der Waals surface area (Å²) in [5.74, 6) is 0. The molecule has 0 bridgehead atoms. The van der Waals surface area contributed by atoms with Crippen LogP contribution in [0, 0.1) is 6.92 Å². The summed E-state index contributed by atoms with van der Waals surface area (Å²) in [7, 11) is 1.60. The van der Waals surface area contributed by atoms with Crippen LogP contribution in [0.4, 0.5) is 0 Å². The van der Waals surface area contributed by atoms with Crippen LogP contribution >= 0.6 is 0 Å². The molecule has 1 heterocycles. The van der Waals surface area contributed by atoms with Gasteiger partial charge in [0.1, 0.15) is 0 Å². The third-order valence-corrected chi connectivity index (χ3v) is 1.51. The standard InChI is InChI=1S/C8H12N2O2/c1-7-5-8(11)10(9-6-7)3-4-12-2/h5-6H,3-4H2,1-2H3. The first kappa shape index (κ1) is 8.93. The van der Waals surface area contributed by atoms with E-state index in [1.54, 1.807) is 19.4 Å². The number of aryl methyl sites for hydroxylation is 1. The molecule has 0 saturated heterocycles. The summed E-state index contributed by atoms with van der Waals surface area (Å²) >= 11 is 0. The minimum absolute atomic E-state index is 0.0768. The van der Waals surface area contributed by atoms with E-state index in [9.17, 15) is 4.79 Å². The van der Waals surface area contributed by atoms with E-state index < -0.39 is 0 Å².